The van der Waals surface area contributed by atoms with Gasteiger partial charge in [0, 0.05) is 0 Å². The van der Waals surface area contributed by atoms with E-state index in [2.05, 4.69) is 4.90 Å². The van der Waals surface area contributed by atoms with Crippen LogP contribution in [0.1, 0.15) is 19.3 Å². The average Bonchev–Trinajstić information content (AvgIpc) is 2.18. The Morgan fingerprint density at radius 1 is 1.21 bits per heavy atom. The molecule has 0 unspecified atom stereocenters. The molecule has 0 aromatic rings. The molecular weight excluding hydrogens is 221 g/mol. The summed E-state index contributed by atoms with van der Waals surface area (Å²) in [7, 11) is 0. The fourth-order valence-corrected chi connectivity index (χ4v) is 2.41. The van der Waals surface area contributed by atoms with Gasteiger partial charge in [-0.3, -0.25) is 4.79 Å². The lowest BCUT2D eigenvalue weighted by atomic mass is 9.72. The highest BCUT2D eigenvalue weighted by Gasteiger charge is 2.37. The van der Waals surface area contributed by atoms with E-state index < -0.39 is 0 Å². The maximum atomic E-state index is 10.6. The first kappa shape index (κ1) is 12.0. The summed E-state index contributed by atoms with van der Waals surface area (Å²) in [5.41, 5.74) is 0.291. The lowest BCUT2D eigenvalue weighted by molar-refractivity contribution is -0.107. The molecule has 0 spiro atoms. The molecule has 0 aromatic heterocycles. The zero-order chi connectivity index (χ0) is 9.31. The molecule has 4 heteroatoms. The molecule has 2 nitrogen and oxygen atoms in total. The van der Waals surface area contributed by atoms with Gasteiger partial charge in [0.05, 0.1) is 0 Å². The highest BCUT2D eigenvalue weighted by Crippen LogP contribution is 2.41. The number of piperidine rings is 3. The molecule has 0 aliphatic carbocycles. The number of hydrogen-bond acceptors (Lipinski definition) is 2. The molecule has 0 aromatic carbocycles. The van der Waals surface area contributed by atoms with E-state index in [1.54, 1.807) is 0 Å². The average molecular weight is 236 g/mol. The van der Waals surface area contributed by atoms with Crippen molar-refractivity contribution in [2.24, 2.45) is 5.41 Å². The Labute approximate surface area is 95.7 Å². The van der Waals surface area contributed by atoms with E-state index >= 15 is 0 Å². The van der Waals surface area contributed by atoms with Crippen LogP contribution in [-0.2, 0) is 4.79 Å². The first-order valence-corrected chi connectivity index (χ1v) is 5.19. The van der Waals surface area contributed by atoms with Crippen molar-refractivity contribution in [1.29, 1.82) is 0 Å². The lowest BCUT2D eigenvalue weighted by Gasteiger charge is -2.46. The van der Waals surface area contributed by atoms with Crippen molar-refractivity contribution in [3.8, 4) is 0 Å². The lowest BCUT2D eigenvalue weighted by Crippen LogP contribution is -2.47. The molecule has 3 fully saturated rings. The second kappa shape index (κ2) is 4.65. The molecule has 3 rings (SSSR count). The van der Waals surface area contributed by atoms with E-state index in [4.69, 9.17) is 11.6 Å². The van der Waals surface area contributed by atoms with Crippen LogP contribution >= 0.6 is 24.0 Å². The molecule has 0 atom stereocenters. The van der Waals surface area contributed by atoms with E-state index in [-0.39, 0.29) is 17.6 Å². The van der Waals surface area contributed by atoms with Gasteiger partial charge in [-0.15, -0.1) is 12.4 Å². The molecular formula is C10H15Cl2NO. The van der Waals surface area contributed by atoms with Crippen molar-refractivity contribution in [1.82, 2.24) is 4.90 Å². The van der Waals surface area contributed by atoms with Crippen LogP contribution in [0.3, 0.4) is 0 Å². The Kier molecular flexibility index (Phi) is 3.99. The van der Waals surface area contributed by atoms with Crippen LogP contribution in [0.5, 0.6) is 0 Å². The molecule has 3 aliphatic heterocycles. The van der Waals surface area contributed by atoms with Crippen molar-refractivity contribution in [2.45, 2.75) is 19.3 Å². The minimum Gasteiger partial charge on any atom is -0.303 e. The maximum absolute atomic E-state index is 10.6. The highest BCUT2D eigenvalue weighted by atomic mass is 35.5. The van der Waals surface area contributed by atoms with Crippen LogP contribution in [0.15, 0.2) is 12.2 Å². The predicted molar refractivity (Wildman–Crippen MR) is 60.0 cm³/mol. The van der Waals surface area contributed by atoms with Crippen molar-refractivity contribution in [3.63, 3.8) is 0 Å². The summed E-state index contributed by atoms with van der Waals surface area (Å²) < 4.78 is 0. The second-order valence-electron chi connectivity index (χ2n) is 4.09. The van der Waals surface area contributed by atoms with Crippen LogP contribution in [-0.4, -0.2) is 29.8 Å². The fourth-order valence-electron chi connectivity index (χ4n) is 2.35. The predicted octanol–water partition coefficient (Wildman–Crippen LogP) is 2.22. The van der Waals surface area contributed by atoms with Gasteiger partial charge < -0.3 is 4.90 Å². The Hall–Kier alpha value is -0.0500. The zero-order valence-electron chi connectivity index (χ0n) is 8.04. The SMILES string of the molecule is Cl.O=C(Cl)/C=C/C12CCN(CC1)CC2. The number of fused-ring (bicyclic) bond motifs is 3. The van der Waals surface area contributed by atoms with E-state index in [1.165, 1.54) is 45.0 Å². The van der Waals surface area contributed by atoms with Crippen molar-refractivity contribution in [2.75, 3.05) is 19.6 Å². The smallest absolute Gasteiger partial charge is 0.244 e. The normalized spacial score (nSPS) is 35.6. The van der Waals surface area contributed by atoms with E-state index in [1.807, 2.05) is 6.08 Å². The minimum absolute atomic E-state index is 0. The highest BCUT2D eigenvalue weighted by molar-refractivity contribution is 6.66. The van der Waals surface area contributed by atoms with E-state index in [0.29, 0.717) is 5.41 Å². The van der Waals surface area contributed by atoms with Crippen LogP contribution in [0.25, 0.3) is 0 Å². The molecule has 0 N–H and O–H groups in total. The number of nitrogens with zero attached hydrogens (tertiary/aromatic N) is 1. The zero-order valence-corrected chi connectivity index (χ0v) is 9.61. The quantitative estimate of drug-likeness (QED) is 0.541. The van der Waals surface area contributed by atoms with Crippen molar-refractivity contribution < 1.29 is 4.79 Å². The number of rotatable bonds is 2. The second-order valence-corrected chi connectivity index (χ2v) is 4.46. The topological polar surface area (TPSA) is 20.3 Å². The summed E-state index contributed by atoms with van der Waals surface area (Å²) in [6.07, 6.45) is 7.14. The standard InChI is InChI=1S/C10H14ClNO.ClH/c11-9(13)1-2-10-3-6-12(7-4-10)8-5-10;/h1-2H,3-8H2;1H/b2-1+;. The third-order valence-corrected chi connectivity index (χ3v) is 3.47. The van der Waals surface area contributed by atoms with Crippen LogP contribution in [0, 0.1) is 5.41 Å². The van der Waals surface area contributed by atoms with Gasteiger partial charge in [-0.25, -0.2) is 0 Å². The first-order chi connectivity index (χ1) is 6.20. The molecule has 14 heavy (non-hydrogen) atoms. The third-order valence-electron chi connectivity index (χ3n) is 3.35. The van der Waals surface area contributed by atoms with Gasteiger partial charge in [0.25, 0.3) is 0 Å². The van der Waals surface area contributed by atoms with Crippen LogP contribution in [0.2, 0.25) is 0 Å². The molecule has 0 radical (unpaired) electrons. The molecule has 0 saturated carbocycles. The summed E-state index contributed by atoms with van der Waals surface area (Å²) in [6.45, 7) is 3.54. The molecule has 3 saturated heterocycles. The van der Waals surface area contributed by atoms with Gasteiger partial charge in [0.15, 0.2) is 0 Å². The van der Waals surface area contributed by atoms with Gasteiger partial charge in [0.2, 0.25) is 5.24 Å². The van der Waals surface area contributed by atoms with Crippen molar-refractivity contribution >= 4 is 29.3 Å². The Balaban J connectivity index is 0.000000980. The maximum Gasteiger partial charge on any atom is 0.244 e. The monoisotopic (exact) mass is 235 g/mol. The first-order valence-electron chi connectivity index (χ1n) is 4.81. The van der Waals surface area contributed by atoms with Crippen LogP contribution < -0.4 is 0 Å². The third kappa shape index (κ3) is 2.50. The summed E-state index contributed by atoms with van der Waals surface area (Å²) in [5, 5.41) is -0.345. The Morgan fingerprint density at radius 3 is 2.14 bits per heavy atom. The number of allylic oxidation sites excluding steroid dienone is 2. The van der Waals surface area contributed by atoms with Crippen LogP contribution in [0.4, 0.5) is 0 Å². The number of carbonyl (C=O) groups excluding carboxylic acids is 1. The number of carbonyl (C=O) groups is 1. The number of hydrogen-bond donors (Lipinski definition) is 0. The molecule has 3 heterocycles. The fraction of sp³-hybridized carbons (Fsp3) is 0.700. The Morgan fingerprint density at radius 2 is 1.71 bits per heavy atom. The number of halogens is 2. The molecule has 2 bridgehead atoms. The molecule has 3 aliphatic rings. The summed E-state index contributed by atoms with van der Waals surface area (Å²) in [6, 6.07) is 0. The van der Waals surface area contributed by atoms with Gasteiger partial charge >= 0.3 is 0 Å². The minimum atomic E-state index is -0.345. The van der Waals surface area contributed by atoms with E-state index in [0.717, 1.165) is 0 Å². The van der Waals surface area contributed by atoms with Gasteiger partial charge in [-0.05, 0) is 62.0 Å². The summed E-state index contributed by atoms with van der Waals surface area (Å²) in [4.78, 5) is 13.1. The van der Waals surface area contributed by atoms with Gasteiger partial charge in [-0.1, -0.05) is 6.08 Å². The van der Waals surface area contributed by atoms with Crippen molar-refractivity contribution in [3.05, 3.63) is 12.2 Å². The largest absolute Gasteiger partial charge is 0.303 e. The summed E-state index contributed by atoms with van der Waals surface area (Å²) in [5.74, 6) is 0. The Bertz CT molecular complexity index is 231. The molecule has 0 amide bonds. The van der Waals surface area contributed by atoms with Gasteiger partial charge in [0.1, 0.15) is 0 Å². The van der Waals surface area contributed by atoms with Gasteiger partial charge in [-0.2, -0.15) is 0 Å². The molecule has 80 valence electrons. The van der Waals surface area contributed by atoms with E-state index in [9.17, 15) is 4.79 Å². The summed E-state index contributed by atoms with van der Waals surface area (Å²) >= 11 is 5.29.